The third kappa shape index (κ3) is 4.52. The molecule has 1 atom stereocenters. The Morgan fingerprint density at radius 3 is 2.94 bits per heavy atom. The Morgan fingerprint density at radius 1 is 1.65 bits per heavy atom. The van der Waals surface area contributed by atoms with Crippen molar-refractivity contribution in [2.24, 2.45) is 11.7 Å². The summed E-state index contributed by atoms with van der Waals surface area (Å²) in [6, 6.07) is 0. The predicted octanol–water partition coefficient (Wildman–Crippen LogP) is 0.702. The molecule has 1 heterocycles. The highest BCUT2D eigenvalue weighted by Crippen LogP contribution is 2.06. The molecule has 0 radical (unpaired) electrons. The highest BCUT2D eigenvalue weighted by atomic mass is 32.1. The number of nitrogens with zero attached hydrogens (tertiary/aromatic N) is 2. The summed E-state index contributed by atoms with van der Waals surface area (Å²) < 4.78 is 1.90. The van der Waals surface area contributed by atoms with Crippen molar-refractivity contribution in [2.45, 2.75) is 26.3 Å². The third-order valence-electron chi connectivity index (χ3n) is 2.47. The van der Waals surface area contributed by atoms with Crippen LogP contribution >= 0.6 is 12.2 Å². The molecule has 0 bridgehead atoms. The van der Waals surface area contributed by atoms with Gasteiger partial charge in [-0.05, 0) is 6.42 Å². The van der Waals surface area contributed by atoms with Gasteiger partial charge in [-0.15, -0.1) is 0 Å². The number of imidazole rings is 1. The van der Waals surface area contributed by atoms with Crippen molar-refractivity contribution in [1.82, 2.24) is 14.9 Å². The number of nitrogens with two attached hydrogens (primary N) is 1. The minimum absolute atomic E-state index is 0.0838. The van der Waals surface area contributed by atoms with E-state index < -0.39 is 0 Å². The van der Waals surface area contributed by atoms with Gasteiger partial charge in [-0.1, -0.05) is 25.6 Å². The molecule has 0 aliphatic heterocycles. The van der Waals surface area contributed by atoms with Crippen LogP contribution in [0.25, 0.3) is 0 Å². The zero-order valence-electron chi connectivity index (χ0n) is 9.93. The molecule has 5 nitrogen and oxygen atoms in total. The average molecular weight is 254 g/mol. The van der Waals surface area contributed by atoms with Gasteiger partial charge in [0.15, 0.2) is 0 Å². The van der Waals surface area contributed by atoms with Crippen molar-refractivity contribution in [1.29, 1.82) is 0 Å². The van der Waals surface area contributed by atoms with E-state index in [4.69, 9.17) is 18.0 Å². The summed E-state index contributed by atoms with van der Waals surface area (Å²) in [4.78, 5) is 16.0. The van der Waals surface area contributed by atoms with Crippen LogP contribution in [0.4, 0.5) is 0 Å². The van der Waals surface area contributed by atoms with E-state index in [0.29, 0.717) is 19.5 Å². The molecule has 0 spiro atoms. The molecule has 0 aliphatic carbocycles. The van der Waals surface area contributed by atoms with Crippen molar-refractivity contribution < 1.29 is 4.79 Å². The maximum Gasteiger partial charge on any atom is 0.229 e. The second-order valence-corrected chi connectivity index (χ2v) is 4.31. The fraction of sp³-hybridized carbons (Fsp3) is 0.545. The summed E-state index contributed by atoms with van der Waals surface area (Å²) in [6.07, 6.45) is 6.85. The van der Waals surface area contributed by atoms with Crippen LogP contribution in [0, 0.1) is 5.92 Å². The smallest absolute Gasteiger partial charge is 0.229 e. The van der Waals surface area contributed by atoms with Gasteiger partial charge in [-0.25, -0.2) is 4.98 Å². The molecular formula is C11H18N4OS. The SMILES string of the molecule is CCCC(C(=O)NCCn1ccnc1)C(N)=S. The summed E-state index contributed by atoms with van der Waals surface area (Å²) in [7, 11) is 0. The quantitative estimate of drug-likeness (QED) is 0.703. The molecule has 1 aromatic heterocycles. The van der Waals surface area contributed by atoms with Crippen molar-refractivity contribution in [3.63, 3.8) is 0 Å². The van der Waals surface area contributed by atoms with Gasteiger partial charge in [0.1, 0.15) is 0 Å². The highest BCUT2D eigenvalue weighted by molar-refractivity contribution is 7.80. The lowest BCUT2D eigenvalue weighted by atomic mass is 10.0. The van der Waals surface area contributed by atoms with Crippen molar-refractivity contribution in [2.75, 3.05) is 6.54 Å². The number of thiocarbonyl (C=S) groups is 1. The standard InChI is InChI=1S/C11H18N4OS/c1-2-3-9(10(12)17)11(16)14-5-7-15-6-4-13-8-15/h4,6,8-9H,2-3,5,7H2,1H3,(H2,12,17)(H,14,16). The van der Waals surface area contributed by atoms with Crippen LogP contribution in [-0.2, 0) is 11.3 Å². The van der Waals surface area contributed by atoms with Crippen LogP contribution < -0.4 is 11.1 Å². The summed E-state index contributed by atoms with van der Waals surface area (Å²) in [5, 5.41) is 2.83. The van der Waals surface area contributed by atoms with Gasteiger partial charge in [0.2, 0.25) is 5.91 Å². The van der Waals surface area contributed by atoms with Crippen LogP contribution in [0.3, 0.4) is 0 Å². The minimum Gasteiger partial charge on any atom is -0.393 e. The number of hydrogen-bond acceptors (Lipinski definition) is 3. The van der Waals surface area contributed by atoms with Crippen LogP contribution in [0.5, 0.6) is 0 Å². The number of carbonyl (C=O) groups excluding carboxylic acids is 1. The highest BCUT2D eigenvalue weighted by Gasteiger charge is 2.19. The van der Waals surface area contributed by atoms with Crippen LogP contribution in [0.2, 0.25) is 0 Å². The van der Waals surface area contributed by atoms with Gasteiger partial charge in [0, 0.05) is 25.5 Å². The molecular weight excluding hydrogens is 236 g/mol. The fourth-order valence-corrected chi connectivity index (χ4v) is 1.77. The number of nitrogens with one attached hydrogen (secondary N) is 1. The zero-order chi connectivity index (χ0) is 12.7. The van der Waals surface area contributed by atoms with Crippen molar-refractivity contribution in [3.05, 3.63) is 18.7 Å². The molecule has 1 unspecified atom stereocenters. The largest absolute Gasteiger partial charge is 0.393 e. The Morgan fingerprint density at radius 2 is 2.41 bits per heavy atom. The minimum atomic E-state index is -0.349. The number of aromatic nitrogens is 2. The van der Waals surface area contributed by atoms with Gasteiger partial charge < -0.3 is 15.6 Å². The van der Waals surface area contributed by atoms with Gasteiger partial charge in [-0.2, -0.15) is 0 Å². The number of carbonyl (C=O) groups is 1. The van der Waals surface area contributed by atoms with Crippen molar-refractivity contribution in [3.8, 4) is 0 Å². The van der Waals surface area contributed by atoms with Crippen LogP contribution in [0.15, 0.2) is 18.7 Å². The number of hydrogen-bond donors (Lipinski definition) is 2. The van der Waals surface area contributed by atoms with E-state index in [1.54, 1.807) is 12.5 Å². The lowest BCUT2D eigenvalue weighted by Crippen LogP contribution is -2.39. The Kier molecular flexibility index (Phi) is 5.62. The Bertz CT molecular complexity index is 364. The molecule has 0 fully saturated rings. The van der Waals surface area contributed by atoms with Gasteiger partial charge in [0.05, 0.1) is 17.2 Å². The van der Waals surface area contributed by atoms with E-state index in [1.165, 1.54) is 0 Å². The molecule has 0 aromatic carbocycles. The van der Waals surface area contributed by atoms with Crippen LogP contribution in [-0.4, -0.2) is 27.0 Å². The molecule has 17 heavy (non-hydrogen) atoms. The zero-order valence-corrected chi connectivity index (χ0v) is 10.7. The molecule has 94 valence electrons. The monoisotopic (exact) mass is 254 g/mol. The summed E-state index contributed by atoms with van der Waals surface area (Å²) in [6.45, 7) is 3.25. The molecule has 1 aromatic rings. The predicted molar refractivity (Wildman–Crippen MR) is 70.4 cm³/mol. The lowest BCUT2D eigenvalue weighted by molar-refractivity contribution is -0.123. The Hall–Kier alpha value is -1.43. The van der Waals surface area contributed by atoms with E-state index in [0.717, 1.165) is 6.42 Å². The average Bonchev–Trinajstić information content (AvgIpc) is 2.78. The maximum absolute atomic E-state index is 11.8. The first kappa shape index (κ1) is 13.6. The van der Waals surface area contributed by atoms with E-state index in [-0.39, 0.29) is 16.8 Å². The lowest BCUT2D eigenvalue weighted by Gasteiger charge is -2.14. The first-order valence-electron chi connectivity index (χ1n) is 5.68. The second-order valence-electron chi connectivity index (χ2n) is 3.84. The van der Waals surface area contributed by atoms with E-state index in [1.807, 2.05) is 17.7 Å². The first-order valence-corrected chi connectivity index (χ1v) is 6.08. The molecule has 0 saturated heterocycles. The fourth-order valence-electron chi connectivity index (χ4n) is 1.54. The van der Waals surface area contributed by atoms with Crippen LogP contribution in [0.1, 0.15) is 19.8 Å². The maximum atomic E-state index is 11.8. The van der Waals surface area contributed by atoms with E-state index in [9.17, 15) is 4.79 Å². The summed E-state index contributed by atoms with van der Waals surface area (Å²) in [5.41, 5.74) is 5.55. The molecule has 1 amide bonds. The summed E-state index contributed by atoms with van der Waals surface area (Å²) in [5.74, 6) is -0.433. The van der Waals surface area contributed by atoms with Gasteiger partial charge in [-0.3, -0.25) is 4.79 Å². The van der Waals surface area contributed by atoms with E-state index in [2.05, 4.69) is 10.3 Å². The topological polar surface area (TPSA) is 72.9 Å². The van der Waals surface area contributed by atoms with E-state index >= 15 is 0 Å². The van der Waals surface area contributed by atoms with Gasteiger partial charge in [0.25, 0.3) is 0 Å². The molecule has 0 saturated carbocycles. The Balaban J connectivity index is 2.34. The molecule has 3 N–H and O–H groups in total. The molecule has 0 aliphatic rings. The third-order valence-corrected chi connectivity index (χ3v) is 2.75. The Labute approximate surface area is 106 Å². The summed E-state index contributed by atoms with van der Waals surface area (Å²) >= 11 is 4.89. The number of rotatable bonds is 7. The second kappa shape index (κ2) is 7.01. The molecule has 1 rings (SSSR count). The van der Waals surface area contributed by atoms with Gasteiger partial charge >= 0.3 is 0 Å². The molecule has 6 heteroatoms. The van der Waals surface area contributed by atoms with Crippen molar-refractivity contribution >= 4 is 23.1 Å². The normalized spacial score (nSPS) is 12.1. The first-order chi connectivity index (χ1) is 8.15. The number of amides is 1.